The number of ether oxygens (including phenoxy) is 2. The Bertz CT molecular complexity index is 814. The molecule has 3 rings (SSSR count). The SMILES string of the molecule is C[C@@H]1CN(Cc2ccc(N3CCOCC3)cc2Cl)CCN1C(=O)OC(C(Cl)(Cl)Cl)C(Cl)(Cl)Cl. The highest BCUT2D eigenvalue weighted by Gasteiger charge is 2.50. The predicted molar refractivity (Wildman–Crippen MR) is 137 cm³/mol. The van der Waals surface area contributed by atoms with Crippen molar-refractivity contribution in [1.29, 1.82) is 0 Å². The maximum absolute atomic E-state index is 12.7. The number of alkyl halides is 6. The van der Waals surface area contributed by atoms with Crippen LogP contribution in [0.25, 0.3) is 0 Å². The van der Waals surface area contributed by atoms with Crippen LogP contribution in [0.1, 0.15) is 12.5 Å². The molecule has 1 aromatic rings. The molecule has 33 heavy (non-hydrogen) atoms. The summed E-state index contributed by atoms with van der Waals surface area (Å²) in [5, 5.41) is 0.710. The Morgan fingerprint density at radius 2 is 1.73 bits per heavy atom. The van der Waals surface area contributed by atoms with E-state index in [2.05, 4.69) is 15.9 Å². The van der Waals surface area contributed by atoms with E-state index in [1.54, 1.807) is 0 Å². The van der Waals surface area contributed by atoms with Crippen molar-refractivity contribution in [2.45, 2.75) is 33.2 Å². The maximum atomic E-state index is 12.7. The van der Waals surface area contributed by atoms with Crippen molar-refractivity contribution >= 4 is 93.0 Å². The van der Waals surface area contributed by atoms with Gasteiger partial charge >= 0.3 is 6.09 Å². The van der Waals surface area contributed by atoms with E-state index < -0.39 is 19.8 Å². The molecule has 1 aromatic carbocycles. The van der Waals surface area contributed by atoms with Crippen LogP contribution in [0.15, 0.2) is 18.2 Å². The summed E-state index contributed by atoms with van der Waals surface area (Å²) < 4.78 is 6.48. The number of amides is 1. The van der Waals surface area contributed by atoms with E-state index in [1.807, 2.05) is 19.1 Å². The minimum atomic E-state index is -2.10. The predicted octanol–water partition coefficient (Wildman–Crippen LogP) is 5.93. The molecule has 0 N–H and O–H groups in total. The van der Waals surface area contributed by atoms with Gasteiger partial charge in [0.05, 0.1) is 13.2 Å². The second kappa shape index (κ2) is 11.5. The monoisotopic (exact) mass is 599 g/mol. The first-order valence-corrected chi connectivity index (χ1v) is 12.9. The number of carbonyl (C=O) groups is 1. The molecule has 0 spiro atoms. The first-order valence-electron chi connectivity index (χ1n) is 10.3. The van der Waals surface area contributed by atoms with Gasteiger partial charge in [-0.3, -0.25) is 4.90 Å². The number of hydrogen-bond acceptors (Lipinski definition) is 5. The zero-order valence-corrected chi connectivity index (χ0v) is 23.0. The van der Waals surface area contributed by atoms with Crippen molar-refractivity contribution in [1.82, 2.24) is 9.80 Å². The topological polar surface area (TPSA) is 45.2 Å². The number of rotatable bonds is 4. The maximum Gasteiger partial charge on any atom is 0.410 e. The molecule has 13 heteroatoms. The van der Waals surface area contributed by atoms with Gasteiger partial charge in [-0.2, -0.15) is 0 Å². The lowest BCUT2D eigenvalue weighted by Gasteiger charge is -2.40. The van der Waals surface area contributed by atoms with Crippen molar-refractivity contribution in [3.8, 4) is 0 Å². The first-order chi connectivity index (χ1) is 15.4. The van der Waals surface area contributed by atoms with Gasteiger partial charge in [0.2, 0.25) is 7.59 Å². The van der Waals surface area contributed by atoms with E-state index in [9.17, 15) is 4.79 Å². The van der Waals surface area contributed by atoms with E-state index in [0.29, 0.717) is 44.4 Å². The lowest BCUT2D eigenvalue weighted by molar-refractivity contribution is 0.0281. The van der Waals surface area contributed by atoms with Gasteiger partial charge < -0.3 is 19.3 Å². The lowest BCUT2D eigenvalue weighted by atomic mass is 10.1. The summed E-state index contributed by atoms with van der Waals surface area (Å²) in [5.41, 5.74) is 2.11. The van der Waals surface area contributed by atoms with Gasteiger partial charge in [0.15, 0.2) is 6.10 Å². The van der Waals surface area contributed by atoms with Crippen molar-refractivity contribution in [2.75, 3.05) is 50.8 Å². The number of nitrogens with zero attached hydrogens (tertiary/aromatic N) is 3. The number of carbonyl (C=O) groups excluding carboxylic acids is 1. The zero-order valence-electron chi connectivity index (χ0n) is 17.8. The summed E-state index contributed by atoms with van der Waals surface area (Å²) >= 11 is 41.6. The third kappa shape index (κ3) is 7.61. The Labute approximate surface area is 228 Å². The normalized spacial score (nSPS) is 20.9. The number of halogens is 7. The van der Waals surface area contributed by atoms with E-state index in [4.69, 9.17) is 90.7 Å². The summed E-state index contributed by atoms with van der Waals surface area (Å²) in [6.07, 6.45) is -2.28. The second-order valence-corrected chi connectivity index (χ2v) is 13.1. The van der Waals surface area contributed by atoms with Gasteiger partial charge in [0, 0.05) is 56.0 Å². The summed E-state index contributed by atoms with van der Waals surface area (Å²) in [6.45, 7) is 7.29. The molecular formula is C20H24Cl7N3O3. The molecule has 6 nitrogen and oxygen atoms in total. The Kier molecular flexibility index (Phi) is 9.72. The molecule has 0 unspecified atom stereocenters. The molecule has 0 radical (unpaired) electrons. The Morgan fingerprint density at radius 1 is 1.09 bits per heavy atom. The van der Waals surface area contributed by atoms with Crippen molar-refractivity contribution in [3.63, 3.8) is 0 Å². The van der Waals surface area contributed by atoms with Gasteiger partial charge in [-0.1, -0.05) is 87.3 Å². The Balaban J connectivity index is 1.58. The fourth-order valence-corrected chi connectivity index (χ4v) is 5.85. The molecular weight excluding hydrogens is 578 g/mol. The van der Waals surface area contributed by atoms with Gasteiger partial charge in [-0.25, -0.2) is 4.79 Å². The Morgan fingerprint density at radius 3 is 2.27 bits per heavy atom. The van der Waals surface area contributed by atoms with Crippen LogP contribution in [0.5, 0.6) is 0 Å². The lowest BCUT2D eigenvalue weighted by Crippen LogP contribution is -2.55. The molecule has 0 aromatic heterocycles. The molecule has 0 aliphatic carbocycles. The number of hydrogen-bond donors (Lipinski definition) is 0. The van der Waals surface area contributed by atoms with Crippen molar-refractivity contribution in [2.24, 2.45) is 0 Å². The molecule has 1 atom stereocenters. The molecule has 186 valence electrons. The highest BCUT2D eigenvalue weighted by Crippen LogP contribution is 2.45. The highest BCUT2D eigenvalue weighted by molar-refractivity contribution is 6.73. The summed E-state index contributed by atoms with van der Waals surface area (Å²) in [7, 11) is 0. The van der Waals surface area contributed by atoms with Crippen LogP contribution in [0.3, 0.4) is 0 Å². The minimum Gasteiger partial charge on any atom is -0.437 e. The smallest absolute Gasteiger partial charge is 0.410 e. The van der Waals surface area contributed by atoms with Crippen molar-refractivity contribution in [3.05, 3.63) is 28.8 Å². The van der Waals surface area contributed by atoms with E-state index >= 15 is 0 Å². The third-order valence-electron chi connectivity index (χ3n) is 5.57. The number of benzene rings is 1. The summed E-state index contributed by atoms with van der Waals surface area (Å²) in [6, 6.07) is 5.94. The standard InChI is InChI=1S/C20H24Cl7N3O3/c1-13-11-28(4-5-30(13)18(31)33-17(19(22,23)24)20(25,26)27)12-14-2-3-15(10-16(14)21)29-6-8-32-9-7-29/h2-3,10,13,17H,4-9,11-12H2,1H3/t13-/m1/s1. The van der Waals surface area contributed by atoms with Crippen LogP contribution in [-0.2, 0) is 16.0 Å². The minimum absolute atomic E-state index is 0.177. The van der Waals surface area contributed by atoms with Crippen LogP contribution < -0.4 is 4.90 Å². The van der Waals surface area contributed by atoms with Gasteiger partial charge in [-0.15, -0.1) is 0 Å². The number of anilines is 1. The molecule has 2 saturated heterocycles. The van der Waals surface area contributed by atoms with E-state index in [-0.39, 0.29) is 6.04 Å². The molecule has 2 fully saturated rings. The third-order valence-corrected chi connectivity index (χ3v) is 7.11. The molecule has 0 bridgehead atoms. The van der Waals surface area contributed by atoms with Gasteiger partial charge in [0.1, 0.15) is 0 Å². The second-order valence-electron chi connectivity index (χ2n) is 8.00. The average Bonchev–Trinajstić information content (AvgIpc) is 2.72. The molecule has 0 saturated carbocycles. The quantitative estimate of drug-likeness (QED) is 0.400. The van der Waals surface area contributed by atoms with Gasteiger partial charge in [0.25, 0.3) is 0 Å². The van der Waals surface area contributed by atoms with E-state index in [1.165, 1.54) is 4.90 Å². The Hall–Kier alpha value is 0.240. The fourth-order valence-electron chi connectivity index (χ4n) is 3.86. The number of piperazine rings is 1. The van der Waals surface area contributed by atoms with E-state index in [0.717, 1.165) is 24.3 Å². The van der Waals surface area contributed by atoms with Crippen LogP contribution >= 0.6 is 81.2 Å². The fraction of sp³-hybridized carbons (Fsp3) is 0.650. The largest absolute Gasteiger partial charge is 0.437 e. The van der Waals surface area contributed by atoms with Crippen molar-refractivity contribution < 1.29 is 14.3 Å². The molecule has 2 heterocycles. The molecule has 2 aliphatic rings. The first kappa shape index (κ1) is 27.8. The van der Waals surface area contributed by atoms with Crippen LogP contribution in [0.2, 0.25) is 5.02 Å². The van der Waals surface area contributed by atoms with Gasteiger partial charge in [-0.05, 0) is 24.6 Å². The zero-order chi connectivity index (χ0) is 24.4. The van der Waals surface area contributed by atoms with Crippen LogP contribution in [0, 0.1) is 0 Å². The average molecular weight is 603 g/mol. The molecule has 1 amide bonds. The molecule has 2 aliphatic heterocycles. The number of morpholine rings is 1. The summed E-state index contributed by atoms with van der Waals surface area (Å²) in [5.74, 6) is 0. The summed E-state index contributed by atoms with van der Waals surface area (Å²) in [4.78, 5) is 18.7. The van der Waals surface area contributed by atoms with Crippen LogP contribution in [0.4, 0.5) is 10.5 Å². The van der Waals surface area contributed by atoms with Crippen LogP contribution in [-0.4, -0.2) is 81.6 Å². The highest BCUT2D eigenvalue weighted by atomic mass is 35.6.